The smallest absolute Gasteiger partial charge is 0.282 e. The number of aromatic hydroxyl groups is 1. The minimum absolute atomic E-state index is 0.104. The van der Waals surface area contributed by atoms with Gasteiger partial charge in [-0.25, -0.2) is 0 Å². The molecule has 1 heterocycles. The van der Waals surface area contributed by atoms with Crippen LogP contribution in [0.5, 0.6) is 5.95 Å². The summed E-state index contributed by atoms with van der Waals surface area (Å²) >= 11 is 5.77. The molecule has 0 aliphatic heterocycles. The maximum absolute atomic E-state index is 8.96. The van der Waals surface area contributed by atoms with Crippen molar-refractivity contribution in [1.82, 2.24) is 0 Å². The minimum atomic E-state index is -0.104. The topological polar surface area (TPSA) is 33.4 Å². The Morgan fingerprint density at radius 1 is 1.36 bits per heavy atom. The number of hydrogen-bond acceptors (Lipinski definition) is 2. The van der Waals surface area contributed by atoms with Gasteiger partial charge in [0.1, 0.15) is 0 Å². The van der Waals surface area contributed by atoms with E-state index in [0.29, 0.717) is 10.6 Å². The van der Waals surface area contributed by atoms with Crippen LogP contribution < -0.4 is 0 Å². The van der Waals surface area contributed by atoms with Crippen LogP contribution >= 0.6 is 11.6 Å². The Morgan fingerprint density at radius 2 is 2.18 bits per heavy atom. The molecular weight excluding hydrogens is 164 g/mol. The molecule has 11 heavy (non-hydrogen) atoms. The molecule has 0 atom stereocenters. The van der Waals surface area contributed by atoms with Crippen molar-refractivity contribution >= 4 is 22.6 Å². The van der Waals surface area contributed by atoms with Crippen LogP contribution in [-0.4, -0.2) is 5.11 Å². The number of halogens is 1. The molecule has 2 aromatic rings. The third-order valence-corrected chi connectivity index (χ3v) is 1.78. The Hall–Kier alpha value is -1.15. The molecule has 0 aliphatic carbocycles. The van der Waals surface area contributed by atoms with E-state index in [2.05, 4.69) is 0 Å². The van der Waals surface area contributed by atoms with Crippen molar-refractivity contribution in [2.75, 3.05) is 0 Å². The van der Waals surface area contributed by atoms with Gasteiger partial charge in [0.15, 0.2) is 5.58 Å². The van der Waals surface area contributed by atoms with Crippen LogP contribution in [0.15, 0.2) is 28.7 Å². The van der Waals surface area contributed by atoms with Crippen LogP contribution in [0.4, 0.5) is 0 Å². The quantitative estimate of drug-likeness (QED) is 0.656. The number of furan rings is 1. The molecule has 0 aliphatic rings. The fourth-order valence-electron chi connectivity index (χ4n) is 1.01. The molecule has 0 fully saturated rings. The average molecular weight is 169 g/mol. The van der Waals surface area contributed by atoms with Gasteiger partial charge in [0.25, 0.3) is 5.95 Å². The average Bonchev–Trinajstić information content (AvgIpc) is 2.31. The first kappa shape index (κ1) is 6.55. The summed E-state index contributed by atoms with van der Waals surface area (Å²) in [5.41, 5.74) is 0.534. The standard InChI is InChI=1S/C8H5ClO2/c9-6-3-1-2-5-4-7(10)11-8(5)6/h1-4,10H. The van der Waals surface area contributed by atoms with E-state index < -0.39 is 0 Å². The SMILES string of the molecule is Oc1cc2cccc(Cl)c2o1. The van der Waals surface area contributed by atoms with Crippen LogP contribution in [0.3, 0.4) is 0 Å². The molecule has 3 heteroatoms. The summed E-state index contributed by atoms with van der Waals surface area (Å²) in [5.74, 6) is -0.104. The van der Waals surface area contributed by atoms with Crippen molar-refractivity contribution in [3.05, 3.63) is 29.3 Å². The van der Waals surface area contributed by atoms with E-state index >= 15 is 0 Å². The normalized spacial score (nSPS) is 10.6. The lowest BCUT2D eigenvalue weighted by Crippen LogP contribution is -1.63. The fourth-order valence-corrected chi connectivity index (χ4v) is 1.23. The Balaban J connectivity index is 2.90. The zero-order valence-corrected chi connectivity index (χ0v) is 6.30. The van der Waals surface area contributed by atoms with Crippen molar-refractivity contribution in [3.63, 3.8) is 0 Å². The van der Waals surface area contributed by atoms with E-state index in [1.807, 2.05) is 6.07 Å². The van der Waals surface area contributed by atoms with E-state index in [1.165, 1.54) is 6.07 Å². The first-order valence-electron chi connectivity index (χ1n) is 3.14. The fraction of sp³-hybridized carbons (Fsp3) is 0. The third kappa shape index (κ3) is 0.955. The van der Waals surface area contributed by atoms with E-state index in [-0.39, 0.29) is 5.95 Å². The Morgan fingerprint density at radius 3 is 2.91 bits per heavy atom. The molecule has 0 saturated heterocycles. The molecule has 1 aromatic carbocycles. The molecule has 2 rings (SSSR count). The Labute approximate surface area is 68.0 Å². The maximum Gasteiger partial charge on any atom is 0.282 e. The van der Waals surface area contributed by atoms with Crippen LogP contribution in [0.25, 0.3) is 11.0 Å². The molecule has 0 amide bonds. The second-order valence-electron chi connectivity index (χ2n) is 2.24. The highest BCUT2D eigenvalue weighted by atomic mass is 35.5. The molecule has 0 radical (unpaired) electrons. The summed E-state index contributed by atoms with van der Waals surface area (Å²) in [6, 6.07) is 6.87. The van der Waals surface area contributed by atoms with Crippen LogP contribution in [-0.2, 0) is 0 Å². The summed E-state index contributed by atoms with van der Waals surface area (Å²) in [4.78, 5) is 0. The first-order valence-corrected chi connectivity index (χ1v) is 3.52. The molecule has 0 spiro atoms. The second-order valence-corrected chi connectivity index (χ2v) is 2.65. The lowest BCUT2D eigenvalue weighted by molar-refractivity contribution is 0.346. The van der Waals surface area contributed by atoms with Gasteiger partial charge >= 0.3 is 0 Å². The zero-order chi connectivity index (χ0) is 7.84. The summed E-state index contributed by atoms with van der Waals surface area (Å²) < 4.78 is 4.92. The summed E-state index contributed by atoms with van der Waals surface area (Å²) in [7, 11) is 0. The molecule has 1 aromatic heterocycles. The van der Waals surface area contributed by atoms with Crippen molar-refractivity contribution in [2.45, 2.75) is 0 Å². The van der Waals surface area contributed by atoms with Crippen LogP contribution in [0, 0.1) is 0 Å². The number of fused-ring (bicyclic) bond motifs is 1. The van der Waals surface area contributed by atoms with Gasteiger partial charge in [0.05, 0.1) is 5.02 Å². The van der Waals surface area contributed by atoms with E-state index in [9.17, 15) is 0 Å². The molecule has 0 saturated carbocycles. The van der Waals surface area contributed by atoms with Gasteiger partial charge < -0.3 is 9.52 Å². The van der Waals surface area contributed by atoms with Crippen molar-refractivity contribution in [2.24, 2.45) is 0 Å². The van der Waals surface area contributed by atoms with Gasteiger partial charge in [-0.1, -0.05) is 23.7 Å². The predicted molar refractivity (Wildman–Crippen MR) is 42.9 cm³/mol. The van der Waals surface area contributed by atoms with Crippen molar-refractivity contribution < 1.29 is 9.52 Å². The van der Waals surface area contributed by atoms with Crippen molar-refractivity contribution in [3.8, 4) is 5.95 Å². The monoisotopic (exact) mass is 168 g/mol. The Kier molecular flexibility index (Phi) is 1.29. The van der Waals surface area contributed by atoms with Gasteiger partial charge in [0, 0.05) is 11.5 Å². The van der Waals surface area contributed by atoms with Crippen molar-refractivity contribution in [1.29, 1.82) is 0 Å². The third-order valence-electron chi connectivity index (χ3n) is 1.48. The number of para-hydroxylation sites is 1. The molecule has 0 bridgehead atoms. The molecular formula is C8H5ClO2. The van der Waals surface area contributed by atoms with Gasteiger partial charge in [-0.05, 0) is 6.07 Å². The zero-order valence-electron chi connectivity index (χ0n) is 5.54. The largest absolute Gasteiger partial charge is 0.481 e. The first-order chi connectivity index (χ1) is 5.27. The summed E-state index contributed by atoms with van der Waals surface area (Å²) in [5, 5.41) is 10.3. The van der Waals surface area contributed by atoms with Crippen LogP contribution in [0.1, 0.15) is 0 Å². The number of hydrogen-bond donors (Lipinski definition) is 1. The predicted octanol–water partition coefficient (Wildman–Crippen LogP) is 2.79. The van der Waals surface area contributed by atoms with Gasteiger partial charge in [-0.2, -0.15) is 0 Å². The highest BCUT2D eigenvalue weighted by Gasteiger charge is 2.03. The van der Waals surface area contributed by atoms with E-state index in [4.69, 9.17) is 21.1 Å². The highest BCUT2D eigenvalue weighted by molar-refractivity contribution is 6.34. The Bertz CT molecular complexity index is 392. The van der Waals surface area contributed by atoms with Gasteiger partial charge in [0.2, 0.25) is 0 Å². The summed E-state index contributed by atoms with van der Waals surface area (Å²) in [6.45, 7) is 0. The second kappa shape index (κ2) is 2.17. The van der Waals surface area contributed by atoms with E-state index in [0.717, 1.165) is 5.39 Å². The molecule has 0 unspecified atom stereocenters. The minimum Gasteiger partial charge on any atom is -0.481 e. The number of rotatable bonds is 0. The summed E-state index contributed by atoms with van der Waals surface area (Å²) in [6.07, 6.45) is 0. The lowest BCUT2D eigenvalue weighted by atomic mass is 10.3. The molecule has 56 valence electrons. The lowest BCUT2D eigenvalue weighted by Gasteiger charge is -1.88. The molecule has 1 N–H and O–H groups in total. The van der Waals surface area contributed by atoms with Gasteiger partial charge in [-0.3, -0.25) is 0 Å². The van der Waals surface area contributed by atoms with E-state index in [1.54, 1.807) is 12.1 Å². The maximum atomic E-state index is 8.96. The highest BCUT2D eigenvalue weighted by Crippen LogP contribution is 2.29. The van der Waals surface area contributed by atoms with Crippen LogP contribution in [0.2, 0.25) is 5.02 Å². The van der Waals surface area contributed by atoms with Gasteiger partial charge in [-0.15, -0.1) is 0 Å². The molecule has 2 nitrogen and oxygen atoms in total. The number of benzene rings is 1.